The normalized spacial score (nSPS) is 15.0. The van der Waals surface area contributed by atoms with E-state index >= 15 is 0 Å². The number of carbonyl (C=O) groups is 1. The van der Waals surface area contributed by atoms with Crippen LogP contribution in [0.5, 0.6) is 0 Å². The van der Waals surface area contributed by atoms with Crippen molar-refractivity contribution in [2.45, 2.75) is 46.1 Å². The van der Waals surface area contributed by atoms with Gasteiger partial charge in [-0.05, 0) is 50.3 Å². The molecule has 0 saturated carbocycles. The largest absolute Gasteiger partial charge is 0.444 e. The topological polar surface area (TPSA) is 72.7 Å². The van der Waals surface area contributed by atoms with Gasteiger partial charge >= 0.3 is 6.09 Å². The molecular weight excluding hydrogens is 308 g/mol. The lowest BCUT2D eigenvalue weighted by Gasteiger charge is -2.30. The highest BCUT2D eigenvalue weighted by molar-refractivity contribution is 5.74. The highest BCUT2D eigenvalue weighted by Gasteiger charge is 2.24. The Hall–Kier alpha value is -2.37. The van der Waals surface area contributed by atoms with Crippen LogP contribution in [0.15, 0.2) is 24.3 Å². The van der Waals surface area contributed by atoms with Crippen molar-refractivity contribution < 1.29 is 14.5 Å². The fraction of sp³-hybridized carbons (Fsp3) is 0.500. The fourth-order valence-electron chi connectivity index (χ4n) is 2.69. The van der Waals surface area contributed by atoms with Gasteiger partial charge in [-0.1, -0.05) is 19.1 Å². The zero-order chi connectivity index (χ0) is 17.9. The van der Waals surface area contributed by atoms with Crippen molar-refractivity contribution in [2.24, 2.45) is 0 Å². The number of amides is 1. The molecule has 0 saturated heterocycles. The summed E-state index contributed by atoms with van der Waals surface area (Å²) in [4.78, 5) is 24.4. The quantitative estimate of drug-likeness (QED) is 0.615. The van der Waals surface area contributed by atoms with Gasteiger partial charge < -0.3 is 9.64 Å². The van der Waals surface area contributed by atoms with Crippen LogP contribution in [0.3, 0.4) is 0 Å². The Balaban J connectivity index is 2.19. The molecule has 1 aliphatic rings. The van der Waals surface area contributed by atoms with E-state index in [9.17, 15) is 14.9 Å². The average Bonchev–Trinajstić information content (AvgIpc) is 2.52. The lowest BCUT2D eigenvalue weighted by Crippen LogP contribution is -2.39. The Morgan fingerprint density at radius 1 is 1.38 bits per heavy atom. The summed E-state index contributed by atoms with van der Waals surface area (Å²) in [5.74, 6) is 0. The Labute approximate surface area is 142 Å². The number of benzene rings is 1. The maximum atomic E-state index is 12.1. The molecule has 0 spiro atoms. The van der Waals surface area contributed by atoms with Crippen molar-refractivity contribution in [3.8, 4) is 0 Å². The third-order valence-corrected chi connectivity index (χ3v) is 3.89. The number of hydrogen-bond acceptors (Lipinski definition) is 4. The minimum atomic E-state index is -0.517. The summed E-state index contributed by atoms with van der Waals surface area (Å²) in [6, 6.07) is 4.99. The number of carbonyl (C=O) groups excluding carboxylic acids is 1. The summed E-state index contributed by atoms with van der Waals surface area (Å²) in [6.45, 7) is 8.55. The summed E-state index contributed by atoms with van der Waals surface area (Å²) < 4.78 is 5.38. The molecule has 0 bridgehead atoms. The van der Waals surface area contributed by atoms with Crippen LogP contribution < -0.4 is 0 Å². The molecule has 1 aromatic carbocycles. The Bertz CT molecular complexity index is 674. The zero-order valence-electron chi connectivity index (χ0n) is 14.7. The molecule has 0 atom stereocenters. The highest BCUT2D eigenvalue weighted by Crippen LogP contribution is 2.29. The molecule has 1 aliphatic heterocycles. The van der Waals surface area contributed by atoms with E-state index in [1.165, 1.54) is 0 Å². The summed E-state index contributed by atoms with van der Waals surface area (Å²) in [6.07, 6.45) is 3.10. The van der Waals surface area contributed by atoms with Crippen LogP contribution in [-0.2, 0) is 11.2 Å². The van der Waals surface area contributed by atoms with Crippen molar-refractivity contribution in [2.75, 3.05) is 13.1 Å². The molecule has 130 valence electrons. The van der Waals surface area contributed by atoms with E-state index in [1.54, 1.807) is 17.0 Å². The maximum Gasteiger partial charge on any atom is 0.410 e. The molecular formula is C18H24N2O4. The van der Waals surface area contributed by atoms with Gasteiger partial charge in [0.25, 0.3) is 5.69 Å². The number of non-ortho nitro benzene ring substituents is 1. The standard InChI is InChI=1S/C18H24N2O4/c1-5-13-6-7-15(20(22)23)12-16(13)14-8-10-19(11-9-14)17(21)24-18(2,3)4/h6-8,12H,5,9-11H2,1-4H3. The lowest BCUT2D eigenvalue weighted by atomic mass is 9.93. The van der Waals surface area contributed by atoms with E-state index in [-0.39, 0.29) is 16.7 Å². The molecule has 0 aliphatic carbocycles. The number of aryl methyl sites for hydroxylation is 1. The predicted octanol–water partition coefficient (Wildman–Crippen LogP) is 4.18. The van der Waals surface area contributed by atoms with Crippen molar-refractivity contribution in [3.05, 3.63) is 45.5 Å². The number of nitro groups is 1. The summed E-state index contributed by atoms with van der Waals surface area (Å²) >= 11 is 0. The molecule has 1 heterocycles. The summed E-state index contributed by atoms with van der Waals surface area (Å²) in [5.41, 5.74) is 2.62. The SMILES string of the molecule is CCc1ccc([N+](=O)[O-])cc1C1=CCN(C(=O)OC(C)(C)C)CC1. The van der Waals surface area contributed by atoms with Crippen LogP contribution in [0, 0.1) is 10.1 Å². The second kappa shape index (κ2) is 7.03. The van der Waals surface area contributed by atoms with Crippen LogP contribution in [-0.4, -0.2) is 34.6 Å². The van der Waals surface area contributed by atoms with Gasteiger partial charge in [0.1, 0.15) is 5.60 Å². The number of ether oxygens (including phenoxy) is 1. The fourth-order valence-corrected chi connectivity index (χ4v) is 2.69. The molecule has 0 fully saturated rings. The van der Waals surface area contributed by atoms with E-state index in [0.29, 0.717) is 19.5 Å². The van der Waals surface area contributed by atoms with Crippen molar-refractivity contribution in [3.63, 3.8) is 0 Å². The van der Waals surface area contributed by atoms with Gasteiger partial charge in [-0.15, -0.1) is 0 Å². The molecule has 1 aromatic rings. The Morgan fingerprint density at radius 2 is 2.08 bits per heavy atom. The van der Waals surface area contributed by atoms with Gasteiger partial charge in [0.15, 0.2) is 0 Å². The second-order valence-corrected chi connectivity index (χ2v) is 6.86. The Kier molecular flexibility index (Phi) is 5.26. The predicted molar refractivity (Wildman–Crippen MR) is 92.9 cm³/mol. The van der Waals surface area contributed by atoms with E-state index in [0.717, 1.165) is 23.1 Å². The second-order valence-electron chi connectivity index (χ2n) is 6.86. The molecule has 0 unspecified atom stereocenters. The van der Waals surface area contributed by atoms with Gasteiger partial charge in [0.05, 0.1) is 4.92 Å². The third kappa shape index (κ3) is 4.34. The van der Waals surface area contributed by atoms with Crippen LogP contribution in [0.4, 0.5) is 10.5 Å². The number of nitrogens with zero attached hydrogens (tertiary/aromatic N) is 2. The molecule has 1 amide bonds. The smallest absolute Gasteiger partial charge is 0.410 e. The van der Waals surface area contributed by atoms with E-state index in [1.807, 2.05) is 39.8 Å². The first-order chi connectivity index (χ1) is 11.2. The monoisotopic (exact) mass is 332 g/mol. The summed E-state index contributed by atoms with van der Waals surface area (Å²) in [5, 5.41) is 11.0. The van der Waals surface area contributed by atoms with Gasteiger partial charge in [-0.2, -0.15) is 0 Å². The molecule has 0 N–H and O–H groups in total. The molecule has 2 rings (SSSR count). The highest BCUT2D eigenvalue weighted by atomic mass is 16.6. The third-order valence-electron chi connectivity index (χ3n) is 3.89. The van der Waals surface area contributed by atoms with E-state index in [2.05, 4.69) is 0 Å². The van der Waals surface area contributed by atoms with Gasteiger partial charge in [0.2, 0.25) is 0 Å². The first kappa shape index (κ1) is 18.0. The number of rotatable bonds is 3. The molecule has 6 nitrogen and oxygen atoms in total. The van der Waals surface area contributed by atoms with Gasteiger partial charge in [-0.3, -0.25) is 10.1 Å². The van der Waals surface area contributed by atoms with Gasteiger partial charge in [0, 0.05) is 25.2 Å². The van der Waals surface area contributed by atoms with Crippen LogP contribution in [0.2, 0.25) is 0 Å². The van der Waals surface area contributed by atoms with Crippen LogP contribution in [0.25, 0.3) is 5.57 Å². The van der Waals surface area contributed by atoms with Crippen molar-refractivity contribution in [1.82, 2.24) is 4.90 Å². The molecule has 0 aromatic heterocycles. The number of hydrogen-bond donors (Lipinski definition) is 0. The molecule has 6 heteroatoms. The minimum absolute atomic E-state index is 0.0951. The molecule has 0 radical (unpaired) electrons. The molecule has 24 heavy (non-hydrogen) atoms. The first-order valence-corrected chi connectivity index (χ1v) is 8.16. The average molecular weight is 332 g/mol. The lowest BCUT2D eigenvalue weighted by molar-refractivity contribution is -0.384. The van der Waals surface area contributed by atoms with Crippen LogP contribution >= 0.6 is 0 Å². The summed E-state index contributed by atoms with van der Waals surface area (Å²) in [7, 11) is 0. The van der Waals surface area contributed by atoms with Crippen molar-refractivity contribution in [1.29, 1.82) is 0 Å². The first-order valence-electron chi connectivity index (χ1n) is 8.16. The minimum Gasteiger partial charge on any atom is -0.444 e. The van der Waals surface area contributed by atoms with E-state index in [4.69, 9.17) is 4.74 Å². The van der Waals surface area contributed by atoms with Crippen molar-refractivity contribution >= 4 is 17.4 Å². The van der Waals surface area contributed by atoms with E-state index < -0.39 is 5.60 Å². The van der Waals surface area contributed by atoms with Crippen LogP contribution in [0.1, 0.15) is 45.2 Å². The zero-order valence-corrected chi connectivity index (χ0v) is 14.7. The number of nitro benzene ring substituents is 1. The Morgan fingerprint density at radius 3 is 2.58 bits per heavy atom. The van der Waals surface area contributed by atoms with Gasteiger partial charge in [-0.25, -0.2) is 4.79 Å². The maximum absolute atomic E-state index is 12.1.